The molecule has 0 aliphatic carbocycles. The summed E-state index contributed by atoms with van der Waals surface area (Å²) in [4.78, 5) is 33.2. The zero-order valence-corrected chi connectivity index (χ0v) is 13.7. The summed E-state index contributed by atoms with van der Waals surface area (Å²) in [7, 11) is 0. The predicted molar refractivity (Wildman–Crippen MR) is 93.7 cm³/mol. The van der Waals surface area contributed by atoms with Crippen molar-refractivity contribution >= 4 is 40.9 Å². The van der Waals surface area contributed by atoms with Crippen molar-refractivity contribution in [3.05, 3.63) is 74.3 Å². The maximum atomic E-state index is 12.2. The number of nitrogens with one attached hydrogen (secondary N) is 1. The summed E-state index contributed by atoms with van der Waals surface area (Å²) in [5, 5.41) is 31.3. The van der Waals surface area contributed by atoms with Gasteiger partial charge in [-0.05, 0) is 42.0 Å². The van der Waals surface area contributed by atoms with E-state index in [1.54, 1.807) is 6.07 Å². The molecule has 0 unspecified atom stereocenters. The highest BCUT2D eigenvalue weighted by atomic mass is 35.5. The van der Waals surface area contributed by atoms with E-state index >= 15 is 0 Å². The van der Waals surface area contributed by atoms with Gasteiger partial charge < -0.3 is 10.4 Å². The fraction of sp³-hybridized carbons (Fsp3) is 0. The van der Waals surface area contributed by atoms with Gasteiger partial charge in [-0.3, -0.25) is 14.9 Å². The molecule has 2 N–H and O–H groups in total. The van der Waals surface area contributed by atoms with Crippen LogP contribution in [0.1, 0.15) is 15.9 Å². The zero-order chi connectivity index (χ0) is 19.3. The molecule has 0 aliphatic heterocycles. The lowest BCUT2D eigenvalue weighted by Crippen LogP contribution is -2.13. The lowest BCUT2D eigenvalue weighted by atomic mass is 10.1. The van der Waals surface area contributed by atoms with Gasteiger partial charge in [0.25, 0.3) is 11.6 Å². The number of anilines is 1. The number of nitro benzene ring substituents is 1. The van der Waals surface area contributed by atoms with Crippen molar-refractivity contribution in [3.8, 4) is 6.07 Å². The summed E-state index contributed by atoms with van der Waals surface area (Å²) in [5.74, 6) is -1.85. The van der Waals surface area contributed by atoms with Gasteiger partial charge in [-0.1, -0.05) is 17.7 Å². The van der Waals surface area contributed by atoms with E-state index in [9.17, 15) is 19.7 Å². The maximum Gasteiger partial charge on any atom is 0.335 e. The summed E-state index contributed by atoms with van der Waals surface area (Å²) in [6, 6.07) is 11.0. The van der Waals surface area contributed by atoms with E-state index in [1.807, 2.05) is 0 Å². The highest BCUT2D eigenvalue weighted by molar-refractivity contribution is 6.32. The molecule has 0 aliphatic rings. The van der Waals surface area contributed by atoms with Crippen LogP contribution in [0.4, 0.5) is 11.4 Å². The summed E-state index contributed by atoms with van der Waals surface area (Å²) >= 11 is 5.72. The van der Waals surface area contributed by atoms with E-state index in [2.05, 4.69) is 5.32 Å². The number of nitriles is 1. The van der Waals surface area contributed by atoms with Crippen molar-refractivity contribution in [2.24, 2.45) is 0 Å². The van der Waals surface area contributed by atoms with E-state index in [4.69, 9.17) is 22.0 Å². The summed E-state index contributed by atoms with van der Waals surface area (Å²) < 4.78 is 0. The molecule has 9 heteroatoms. The molecule has 0 spiro atoms. The Bertz CT molecular complexity index is 961. The predicted octanol–water partition coefficient (Wildman–Crippen LogP) is 3.49. The summed E-state index contributed by atoms with van der Waals surface area (Å²) in [6.07, 6.45) is 1.18. The number of carboxylic acids is 1. The van der Waals surface area contributed by atoms with Crippen LogP contribution >= 0.6 is 11.6 Å². The molecule has 0 heterocycles. The fourth-order valence-corrected chi connectivity index (χ4v) is 2.16. The van der Waals surface area contributed by atoms with Gasteiger partial charge in [-0.25, -0.2) is 4.79 Å². The Hall–Kier alpha value is -3.70. The third-order valence-electron chi connectivity index (χ3n) is 3.23. The van der Waals surface area contributed by atoms with E-state index in [1.165, 1.54) is 42.5 Å². The minimum Gasteiger partial charge on any atom is -0.478 e. The van der Waals surface area contributed by atoms with Gasteiger partial charge in [0.15, 0.2) is 0 Å². The van der Waals surface area contributed by atoms with Crippen LogP contribution in [-0.2, 0) is 4.79 Å². The number of carbonyl (C=O) groups excluding carboxylic acids is 1. The van der Waals surface area contributed by atoms with Crippen LogP contribution in [0.25, 0.3) is 6.08 Å². The lowest BCUT2D eigenvalue weighted by Gasteiger charge is -2.05. The molecule has 0 aromatic heterocycles. The molecule has 0 saturated heterocycles. The Morgan fingerprint density at radius 3 is 2.42 bits per heavy atom. The second-order valence-electron chi connectivity index (χ2n) is 4.97. The van der Waals surface area contributed by atoms with Gasteiger partial charge in [0.05, 0.1) is 10.5 Å². The van der Waals surface area contributed by atoms with Gasteiger partial charge in [-0.2, -0.15) is 5.26 Å². The van der Waals surface area contributed by atoms with Crippen LogP contribution in [0, 0.1) is 21.4 Å². The average Bonchev–Trinajstić information content (AvgIpc) is 2.61. The Morgan fingerprint density at radius 2 is 1.88 bits per heavy atom. The largest absolute Gasteiger partial charge is 0.478 e. The van der Waals surface area contributed by atoms with E-state index < -0.39 is 16.8 Å². The molecule has 0 fully saturated rings. The second-order valence-corrected chi connectivity index (χ2v) is 5.38. The molecular formula is C17H10ClN3O5. The standard InChI is InChI=1S/C17H10ClN3O5/c18-14-6-1-10(8-15(14)21(25)26)7-12(9-19)16(22)20-13-4-2-11(3-5-13)17(23)24/h1-8H,(H,20,22)(H,23,24)/b12-7-. The molecule has 0 atom stereocenters. The molecular weight excluding hydrogens is 362 g/mol. The molecule has 8 nitrogen and oxygen atoms in total. The van der Waals surface area contributed by atoms with Crippen molar-refractivity contribution in [3.63, 3.8) is 0 Å². The lowest BCUT2D eigenvalue weighted by molar-refractivity contribution is -0.384. The Morgan fingerprint density at radius 1 is 1.23 bits per heavy atom. The third-order valence-corrected chi connectivity index (χ3v) is 3.55. The van der Waals surface area contributed by atoms with E-state index in [-0.39, 0.29) is 27.4 Å². The number of carbonyl (C=O) groups is 2. The molecule has 2 aromatic carbocycles. The molecule has 2 aromatic rings. The number of nitrogens with zero attached hydrogens (tertiary/aromatic N) is 2. The number of nitro groups is 1. The molecule has 1 amide bonds. The SMILES string of the molecule is N#C/C(=C/c1ccc(Cl)c([N+](=O)[O-])c1)C(=O)Nc1ccc(C(=O)O)cc1. The molecule has 130 valence electrons. The van der Waals surface area contributed by atoms with Crippen LogP contribution in [0.5, 0.6) is 0 Å². The van der Waals surface area contributed by atoms with Gasteiger partial charge in [0.2, 0.25) is 0 Å². The highest BCUT2D eigenvalue weighted by Crippen LogP contribution is 2.26. The van der Waals surface area contributed by atoms with Gasteiger partial charge >= 0.3 is 5.97 Å². The van der Waals surface area contributed by atoms with Gasteiger partial charge in [0.1, 0.15) is 16.7 Å². The van der Waals surface area contributed by atoms with Crippen LogP contribution < -0.4 is 5.32 Å². The molecule has 0 bridgehead atoms. The second kappa shape index (κ2) is 7.92. The number of amides is 1. The number of halogens is 1. The smallest absolute Gasteiger partial charge is 0.335 e. The van der Waals surface area contributed by atoms with Crippen LogP contribution in [0.15, 0.2) is 48.0 Å². The van der Waals surface area contributed by atoms with Crippen molar-refractivity contribution in [1.82, 2.24) is 0 Å². The normalized spacial score (nSPS) is 10.7. The topological polar surface area (TPSA) is 133 Å². The molecule has 0 saturated carbocycles. The van der Waals surface area contributed by atoms with E-state index in [0.29, 0.717) is 5.69 Å². The van der Waals surface area contributed by atoms with Crippen LogP contribution in [-0.4, -0.2) is 21.9 Å². The summed E-state index contributed by atoms with van der Waals surface area (Å²) in [5.41, 5.74) is -0.0314. The van der Waals surface area contributed by atoms with Gasteiger partial charge in [0, 0.05) is 11.8 Å². The Labute approximate surface area is 152 Å². The molecule has 0 radical (unpaired) electrons. The quantitative estimate of drug-likeness (QED) is 0.357. The Balaban J connectivity index is 2.24. The molecule has 2 rings (SSSR count). The van der Waals surface area contributed by atoms with Crippen molar-refractivity contribution in [2.75, 3.05) is 5.32 Å². The van der Waals surface area contributed by atoms with Crippen molar-refractivity contribution in [1.29, 1.82) is 5.26 Å². The minimum atomic E-state index is -1.11. The number of benzene rings is 2. The summed E-state index contributed by atoms with van der Waals surface area (Å²) in [6.45, 7) is 0. The average molecular weight is 372 g/mol. The number of hydrogen-bond donors (Lipinski definition) is 2. The molecule has 26 heavy (non-hydrogen) atoms. The number of aromatic carboxylic acids is 1. The highest BCUT2D eigenvalue weighted by Gasteiger charge is 2.14. The minimum absolute atomic E-state index is 0.0486. The number of carboxylic acid groups (broad SMARTS) is 1. The number of rotatable bonds is 5. The fourth-order valence-electron chi connectivity index (χ4n) is 1.97. The van der Waals surface area contributed by atoms with Crippen molar-refractivity contribution in [2.45, 2.75) is 0 Å². The first-order valence-corrected chi connectivity index (χ1v) is 7.40. The maximum absolute atomic E-state index is 12.2. The first kappa shape index (κ1) is 18.6. The third kappa shape index (κ3) is 4.43. The number of hydrogen-bond acceptors (Lipinski definition) is 5. The zero-order valence-electron chi connectivity index (χ0n) is 13.0. The Kier molecular flexibility index (Phi) is 5.67. The van der Waals surface area contributed by atoms with E-state index in [0.717, 1.165) is 6.07 Å². The van der Waals surface area contributed by atoms with Crippen LogP contribution in [0.2, 0.25) is 5.02 Å². The van der Waals surface area contributed by atoms with Crippen LogP contribution in [0.3, 0.4) is 0 Å². The first-order chi connectivity index (χ1) is 12.3. The van der Waals surface area contributed by atoms with Gasteiger partial charge in [-0.15, -0.1) is 0 Å². The monoisotopic (exact) mass is 371 g/mol. The van der Waals surface area contributed by atoms with Crippen molar-refractivity contribution < 1.29 is 19.6 Å². The first-order valence-electron chi connectivity index (χ1n) is 7.02.